The third-order valence-corrected chi connectivity index (χ3v) is 4.02. The Balaban J connectivity index is 3.61. The van der Waals surface area contributed by atoms with Crippen LogP contribution < -0.4 is 5.32 Å². The van der Waals surface area contributed by atoms with E-state index in [0.29, 0.717) is 5.54 Å². The number of hydrogen-bond donors (Lipinski definition) is 1. The summed E-state index contributed by atoms with van der Waals surface area (Å²) in [5, 5.41) is 3.55. The fourth-order valence-corrected chi connectivity index (χ4v) is 2.44. The maximum Gasteiger partial charge on any atom is 0.0150 e. The van der Waals surface area contributed by atoms with Crippen molar-refractivity contribution in [2.45, 2.75) is 96.9 Å². The molecule has 0 bridgehead atoms. The van der Waals surface area contributed by atoms with Crippen molar-refractivity contribution in [3.05, 3.63) is 0 Å². The van der Waals surface area contributed by atoms with Crippen LogP contribution in [0.2, 0.25) is 0 Å². The Morgan fingerprint density at radius 1 is 0.706 bits per heavy atom. The fraction of sp³-hybridized carbons (Fsp3) is 1.00. The first-order chi connectivity index (χ1) is 8.18. The first-order valence-electron chi connectivity index (χ1n) is 7.87. The van der Waals surface area contributed by atoms with Crippen LogP contribution in [0.1, 0.15) is 91.4 Å². The zero-order valence-corrected chi connectivity index (χ0v) is 12.8. The van der Waals surface area contributed by atoms with E-state index < -0.39 is 0 Å². The molecule has 0 amide bonds. The molecule has 0 aliphatic rings. The van der Waals surface area contributed by atoms with Crippen LogP contribution in [-0.2, 0) is 0 Å². The predicted molar refractivity (Wildman–Crippen MR) is 79.6 cm³/mol. The van der Waals surface area contributed by atoms with E-state index in [1.54, 1.807) is 0 Å². The van der Waals surface area contributed by atoms with Gasteiger partial charge in [-0.1, -0.05) is 71.6 Å². The molecule has 0 aromatic carbocycles. The second-order valence-electron chi connectivity index (χ2n) is 5.79. The normalized spacial score (nSPS) is 14.8. The second kappa shape index (κ2) is 11.1. The van der Waals surface area contributed by atoms with E-state index in [1.165, 1.54) is 70.6 Å². The summed E-state index contributed by atoms with van der Waals surface area (Å²) in [5.74, 6) is 0. The first-order valence-corrected chi connectivity index (χ1v) is 7.87. The fourth-order valence-electron chi connectivity index (χ4n) is 2.44. The Morgan fingerprint density at radius 2 is 1.12 bits per heavy atom. The van der Waals surface area contributed by atoms with Crippen molar-refractivity contribution in [3.8, 4) is 0 Å². The topological polar surface area (TPSA) is 12.0 Å². The van der Waals surface area contributed by atoms with E-state index in [0.717, 1.165) is 0 Å². The smallest absolute Gasteiger partial charge is 0.0150 e. The molecule has 0 heterocycles. The van der Waals surface area contributed by atoms with Crippen LogP contribution in [0.25, 0.3) is 0 Å². The summed E-state index contributed by atoms with van der Waals surface area (Å²) in [6.07, 6.45) is 15.2. The maximum atomic E-state index is 3.55. The van der Waals surface area contributed by atoms with E-state index in [2.05, 4.69) is 33.1 Å². The second-order valence-corrected chi connectivity index (χ2v) is 5.79. The van der Waals surface area contributed by atoms with Crippen molar-refractivity contribution in [1.29, 1.82) is 0 Å². The standard InChI is InChI=1S/C16H35N/c1-5-7-9-11-13-15-16(3,17-4)14-12-10-8-6-2/h17H,5-15H2,1-4H3. The van der Waals surface area contributed by atoms with Gasteiger partial charge in [-0.15, -0.1) is 0 Å². The van der Waals surface area contributed by atoms with Crippen molar-refractivity contribution in [3.63, 3.8) is 0 Å². The molecule has 0 saturated heterocycles. The Hall–Kier alpha value is -0.0400. The molecule has 0 spiro atoms. The minimum Gasteiger partial charge on any atom is -0.315 e. The lowest BCUT2D eigenvalue weighted by atomic mass is 9.88. The van der Waals surface area contributed by atoms with Gasteiger partial charge in [-0.2, -0.15) is 0 Å². The summed E-state index contributed by atoms with van der Waals surface area (Å²) < 4.78 is 0. The number of unbranched alkanes of at least 4 members (excludes halogenated alkanes) is 7. The molecule has 0 saturated carbocycles. The van der Waals surface area contributed by atoms with E-state index >= 15 is 0 Å². The zero-order chi connectivity index (χ0) is 13.0. The van der Waals surface area contributed by atoms with Gasteiger partial charge in [0.15, 0.2) is 0 Å². The third kappa shape index (κ3) is 9.64. The van der Waals surface area contributed by atoms with Gasteiger partial charge in [-0.05, 0) is 26.8 Å². The molecule has 0 aliphatic heterocycles. The van der Waals surface area contributed by atoms with Gasteiger partial charge in [0.25, 0.3) is 0 Å². The van der Waals surface area contributed by atoms with Crippen molar-refractivity contribution >= 4 is 0 Å². The number of nitrogens with one attached hydrogen (secondary N) is 1. The summed E-state index contributed by atoms with van der Waals surface area (Å²) in [7, 11) is 2.13. The molecular formula is C16H35N. The molecule has 1 N–H and O–H groups in total. The van der Waals surface area contributed by atoms with Crippen LogP contribution >= 0.6 is 0 Å². The quantitative estimate of drug-likeness (QED) is 0.457. The molecule has 0 aliphatic carbocycles. The van der Waals surface area contributed by atoms with Gasteiger partial charge in [0.05, 0.1) is 0 Å². The predicted octanol–water partition coefficient (Wildman–Crippen LogP) is 5.30. The average molecular weight is 241 g/mol. The van der Waals surface area contributed by atoms with Gasteiger partial charge in [0.1, 0.15) is 0 Å². The van der Waals surface area contributed by atoms with Gasteiger partial charge in [-0.3, -0.25) is 0 Å². The number of hydrogen-bond acceptors (Lipinski definition) is 1. The lowest BCUT2D eigenvalue weighted by molar-refractivity contribution is 0.307. The Kier molecular flexibility index (Phi) is 11.0. The van der Waals surface area contributed by atoms with Crippen molar-refractivity contribution in [2.75, 3.05) is 7.05 Å². The highest BCUT2D eigenvalue weighted by Gasteiger charge is 2.20. The molecule has 0 aromatic rings. The SMILES string of the molecule is CCCCCCCC(C)(CCCCCC)NC. The summed E-state index contributed by atoms with van der Waals surface area (Å²) in [6, 6.07) is 0. The van der Waals surface area contributed by atoms with E-state index in [4.69, 9.17) is 0 Å². The molecule has 1 atom stereocenters. The van der Waals surface area contributed by atoms with Gasteiger partial charge < -0.3 is 5.32 Å². The van der Waals surface area contributed by atoms with Crippen LogP contribution in [-0.4, -0.2) is 12.6 Å². The highest BCUT2D eigenvalue weighted by atomic mass is 14.9. The molecule has 0 aromatic heterocycles. The van der Waals surface area contributed by atoms with Crippen LogP contribution in [0.3, 0.4) is 0 Å². The molecular weight excluding hydrogens is 206 g/mol. The third-order valence-electron chi connectivity index (χ3n) is 4.02. The molecule has 104 valence electrons. The summed E-state index contributed by atoms with van der Waals surface area (Å²) >= 11 is 0. The molecule has 1 unspecified atom stereocenters. The zero-order valence-electron chi connectivity index (χ0n) is 12.8. The highest BCUT2D eigenvalue weighted by Crippen LogP contribution is 2.22. The van der Waals surface area contributed by atoms with E-state index in [1.807, 2.05) is 0 Å². The molecule has 0 rings (SSSR count). The molecule has 17 heavy (non-hydrogen) atoms. The van der Waals surface area contributed by atoms with Crippen LogP contribution in [0.4, 0.5) is 0 Å². The van der Waals surface area contributed by atoms with E-state index in [-0.39, 0.29) is 0 Å². The Morgan fingerprint density at radius 3 is 1.53 bits per heavy atom. The Labute approximate surface area is 110 Å². The Bertz CT molecular complexity index is 156. The van der Waals surface area contributed by atoms with Crippen molar-refractivity contribution < 1.29 is 0 Å². The van der Waals surface area contributed by atoms with Gasteiger partial charge in [-0.25, -0.2) is 0 Å². The van der Waals surface area contributed by atoms with Crippen LogP contribution in [0.5, 0.6) is 0 Å². The van der Waals surface area contributed by atoms with Gasteiger partial charge >= 0.3 is 0 Å². The summed E-state index contributed by atoms with van der Waals surface area (Å²) in [5.41, 5.74) is 0.389. The minimum atomic E-state index is 0.389. The first kappa shape index (κ1) is 17.0. The average Bonchev–Trinajstić information content (AvgIpc) is 2.34. The lowest BCUT2D eigenvalue weighted by Crippen LogP contribution is -2.39. The maximum absolute atomic E-state index is 3.55. The summed E-state index contributed by atoms with van der Waals surface area (Å²) in [6.45, 7) is 6.97. The largest absolute Gasteiger partial charge is 0.315 e. The van der Waals surface area contributed by atoms with Gasteiger partial charge in [0.2, 0.25) is 0 Å². The number of rotatable bonds is 12. The monoisotopic (exact) mass is 241 g/mol. The summed E-state index contributed by atoms with van der Waals surface area (Å²) in [4.78, 5) is 0. The molecule has 1 heteroatoms. The molecule has 0 radical (unpaired) electrons. The van der Waals surface area contributed by atoms with Gasteiger partial charge in [0, 0.05) is 5.54 Å². The van der Waals surface area contributed by atoms with Crippen LogP contribution in [0, 0.1) is 0 Å². The van der Waals surface area contributed by atoms with Crippen LogP contribution in [0.15, 0.2) is 0 Å². The molecule has 1 nitrogen and oxygen atoms in total. The highest BCUT2D eigenvalue weighted by molar-refractivity contribution is 4.81. The van der Waals surface area contributed by atoms with E-state index in [9.17, 15) is 0 Å². The van der Waals surface area contributed by atoms with Crippen molar-refractivity contribution in [1.82, 2.24) is 5.32 Å². The molecule has 0 fully saturated rings. The minimum absolute atomic E-state index is 0.389. The van der Waals surface area contributed by atoms with Crippen molar-refractivity contribution in [2.24, 2.45) is 0 Å². The lowest BCUT2D eigenvalue weighted by Gasteiger charge is -2.29.